The van der Waals surface area contributed by atoms with Gasteiger partial charge < -0.3 is 0 Å². The van der Waals surface area contributed by atoms with E-state index >= 15 is 0 Å². The highest BCUT2D eigenvalue weighted by Gasteiger charge is 2.27. The molecule has 0 unspecified atom stereocenters. The van der Waals surface area contributed by atoms with Gasteiger partial charge in [0, 0.05) is 0 Å². The average molecular weight is 759 g/mol. The van der Waals surface area contributed by atoms with Crippen LogP contribution >= 0.6 is 0 Å². The van der Waals surface area contributed by atoms with E-state index in [0.717, 1.165) is 12.8 Å². The molecule has 8 aromatic rings. The van der Waals surface area contributed by atoms with Gasteiger partial charge >= 0.3 is 0 Å². The van der Waals surface area contributed by atoms with Gasteiger partial charge in [-0.1, -0.05) is 156 Å². The van der Waals surface area contributed by atoms with E-state index < -0.39 is 0 Å². The first-order chi connectivity index (χ1) is 27.1. The smallest absolute Gasteiger partial charge is 0.00136 e. The first-order valence-corrected chi connectivity index (χ1v) is 21.7. The van der Waals surface area contributed by atoms with Crippen LogP contribution in [-0.2, 0) is 28.1 Å². The van der Waals surface area contributed by atoms with Gasteiger partial charge in [0.1, 0.15) is 0 Å². The van der Waals surface area contributed by atoms with Crippen molar-refractivity contribution in [3.8, 4) is 11.1 Å². The third-order valence-corrected chi connectivity index (χ3v) is 13.7. The van der Waals surface area contributed by atoms with Gasteiger partial charge in [0.05, 0.1) is 0 Å². The standard InChI is InChI=1S/C58H62/c1-33-34(2)46-30-44(58(12,13)14)32-50-52(46)51-45(33)29-43(57(9,10)11)31-49(51)53-47(36-19-23-42(24-20-36)56(6,7)8)28-40-26-38-16-15-37(25-39(38)27-48(40)54(50)53)35-17-21-41(22-18-35)55(3,4)5/h17-32H,15-16H2,1-14H3. The summed E-state index contributed by atoms with van der Waals surface area (Å²) in [6.07, 6.45) is 4.60. The fourth-order valence-corrected chi connectivity index (χ4v) is 9.82. The summed E-state index contributed by atoms with van der Waals surface area (Å²) in [6, 6.07) is 36.7. The molecule has 0 bridgehead atoms. The van der Waals surface area contributed by atoms with Gasteiger partial charge in [-0.25, -0.2) is 0 Å². The monoisotopic (exact) mass is 758 g/mol. The molecule has 0 heterocycles. The van der Waals surface area contributed by atoms with Crippen LogP contribution in [0.15, 0.2) is 91.0 Å². The lowest BCUT2D eigenvalue weighted by atomic mass is 9.76. The molecule has 0 atom stereocenters. The molecule has 0 fully saturated rings. The zero-order chi connectivity index (χ0) is 41.4. The second kappa shape index (κ2) is 12.8. The van der Waals surface area contributed by atoms with E-state index in [1.807, 2.05) is 0 Å². The molecule has 0 nitrogen and oxygen atoms in total. The molecular weight excluding hydrogens is 697 g/mol. The summed E-state index contributed by atoms with van der Waals surface area (Å²) in [5.41, 5.74) is 16.7. The summed E-state index contributed by atoms with van der Waals surface area (Å²) in [5, 5.41) is 13.9. The Kier molecular flexibility index (Phi) is 8.50. The SMILES string of the molecule is Cc1c(C)c2cc(C(C)(C)C)cc3c4c5cc6c(cc5cc(-c5ccc(C(C)(C)C)cc5)c4c4cc(C(C)(C)C)cc1c4c23)CCC(c1ccc(C(C)(C)C)cc1)=C6. The van der Waals surface area contributed by atoms with Gasteiger partial charge in [0.25, 0.3) is 0 Å². The third-order valence-electron chi connectivity index (χ3n) is 13.7. The first-order valence-electron chi connectivity index (χ1n) is 21.7. The van der Waals surface area contributed by atoms with Crippen LogP contribution in [0, 0.1) is 13.8 Å². The van der Waals surface area contributed by atoms with E-state index in [-0.39, 0.29) is 21.7 Å². The zero-order valence-corrected chi connectivity index (χ0v) is 37.7. The molecule has 0 saturated heterocycles. The molecule has 9 rings (SSSR count). The van der Waals surface area contributed by atoms with Crippen LogP contribution < -0.4 is 0 Å². The largest absolute Gasteiger partial charge is 0.0579 e. The van der Waals surface area contributed by atoms with Gasteiger partial charge in [-0.05, 0) is 193 Å². The van der Waals surface area contributed by atoms with Crippen molar-refractivity contribution in [3.05, 3.63) is 141 Å². The molecule has 0 spiro atoms. The molecule has 0 radical (unpaired) electrons. The van der Waals surface area contributed by atoms with Crippen LogP contribution in [0.25, 0.3) is 76.6 Å². The van der Waals surface area contributed by atoms with Crippen molar-refractivity contribution in [2.75, 3.05) is 0 Å². The van der Waals surface area contributed by atoms with Crippen molar-refractivity contribution in [2.45, 2.75) is 131 Å². The fourth-order valence-electron chi connectivity index (χ4n) is 9.82. The topological polar surface area (TPSA) is 0 Å². The highest BCUT2D eigenvalue weighted by atomic mass is 14.3. The third kappa shape index (κ3) is 6.17. The highest BCUT2D eigenvalue weighted by Crippen LogP contribution is 2.51. The molecule has 0 heteroatoms. The highest BCUT2D eigenvalue weighted by molar-refractivity contribution is 6.40. The Hall–Kier alpha value is -4.94. The van der Waals surface area contributed by atoms with E-state index in [2.05, 4.69) is 194 Å². The molecular formula is C58H62. The van der Waals surface area contributed by atoms with Gasteiger partial charge in [-0.15, -0.1) is 0 Å². The Morgan fingerprint density at radius 3 is 1.29 bits per heavy atom. The van der Waals surface area contributed by atoms with Crippen LogP contribution in [0.1, 0.15) is 140 Å². The summed E-state index contributed by atoms with van der Waals surface area (Å²) in [7, 11) is 0. The molecule has 1 aliphatic rings. The van der Waals surface area contributed by atoms with Gasteiger partial charge in [-0.3, -0.25) is 0 Å². The summed E-state index contributed by atoms with van der Waals surface area (Å²) in [5.74, 6) is 0. The number of hydrogen-bond acceptors (Lipinski definition) is 0. The minimum absolute atomic E-state index is 0.00670. The Bertz CT molecular complexity index is 2990. The minimum Gasteiger partial charge on any atom is -0.0579 e. The van der Waals surface area contributed by atoms with Crippen molar-refractivity contribution in [3.63, 3.8) is 0 Å². The van der Waals surface area contributed by atoms with Crippen molar-refractivity contribution in [2.24, 2.45) is 0 Å². The van der Waals surface area contributed by atoms with Gasteiger partial charge in [0.15, 0.2) is 0 Å². The van der Waals surface area contributed by atoms with Crippen molar-refractivity contribution in [1.29, 1.82) is 0 Å². The van der Waals surface area contributed by atoms with E-state index in [1.165, 1.54) is 121 Å². The molecule has 294 valence electrons. The number of allylic oxidation sites excluding steroid dienone is 1. The van der Waals surface area contributed by atoms with Crippen LogP contribution in [0.4, 0.5) is 0 Å². The predicted octanol–water partition coefficient (Wildman–Crippen LogP) is 16.9. The first kappa shape index (κ1) is 38.6. The molecule has 8 aromatic carbocycles. The minimum atomic E-state index is -0.00787. The summed E-state index contributed by atoms with van der Waals surface area (Å²) in [4.78, 5) is 0. The van der Waals surface area contributed by atoms with E-state index in [1.54, 1.807) is 0 Å². The number of aryl methyl sites for hydroxylation is 3. The molecule has 0 aliphatic heterocycles. The number of benzene rings is 8. The molecule has 0 amide bonds. The lowest BCUT2D eigenvalue weighted by molar-refractivity contribution is 0.590. The number of hydrogen-bond donors (Lipinski definition) is 0. The zero-order valence-electron chi connectivity index (χ0n) is 37.7. The maximum Gasteiger partial charge on any atom is -0.00136 e. The second-order valence-electron chi connectivity index (χ2n) is 21.9. The Balaban J connectivity index is 1.47. The Labute approximate surface area is 347 Å². The number of fused-ring (bicyclic) bond motifs is 6. The van der Waals surface area contributed by atoms with E-state index in [0.29, 0.717) is 0 Å². The normalized spacial score (nSPS) is 14.3. The average Bonchev–Trinajstić information content (AvgIpc) is 3.16. The fraction of sp³-hybridized carbons (Fsp3) is 0.345. The summed E-state index contributed by atoms with van der Waals surface area (Å²) < 4.78 is 0. The second-order valence-corrected chi connectivity index (χ2v) is 21.9. The maximum absolute atomic E-state index is 2.57. The van der Waals surface area contributed by atoms with Crippen molar-refractivity contribution in [1.82, 2.24) is 0 Å². The number of rotatable bonds is 2. The molecule has 0 aromatic heterocycles. The van der Waals surface area contributed by atoms with E-state index in [4.69, 9.17) is 0 Å². The summed E-state index contributed by atoms with van der Waals surface area (Å²) in [6.45, 7) is 32.8. The predicted molar refractivity (Wildman–Crippen MR) is 258 cm³/mol. The van der Waals surface area contributed by atoms with E-state index in [9.17, 15) is 0 Å². The molecule has 58 heavy (non-hydrogen) atoms. The molecule has 0 N–H and O–H groups in total. The molecule has 1 aliphatic carbocycles. The molecule has 0 saturated carbocycles. The lowest BCUT2D eigenvalue weighted by Gasteiger charge is -2.28. The Morgan fingerprint density at radius 2 is 0.810 bits per heavy atom. The quantitative estimate of drug-likeness (QED) is 0.122. The lowest BCUT2D eigenvalue weighted by Crippen LogP contribution is -2.12. The Morgan fingerprint density at radius 1 is 0.379 bits per heavy atom. The van der Waals surface area contributed by atoms with Crippen LogP contribution in [0.5, 0.6) is 0 Å². The van der Waals surface area contributed by atoms with Crippen molar-refractivity contribution >= 4 is 65.5 Å². The van der Waals surface area contributed by atoms with Crippen LogP contribution in [0.3, 0.4) is 0 Å². The van der Waals surface area contributed by atoms with Crippen LogP contribution in [0.2, 0.25) is 0 Å². The van der Waals surface area contributed by atoms with Crippen LogP contribution in [-0.4, -0.2) is 0 Å². The maximum atomic E-state index is 2.57. The summed E-state index contributed by atoms with van der Waals surface area (Å²) >= 11 is 0. The van der Waals surface area contributed by atoms with Gasteiger partial charge in [0.2, 0.25) is 0 Å². The van der Waals surface area contributed by atoms with Crippen molar-refractivity contribution < 1.29 is 0 Å². The van der Waals surface area contributed by atoms with Gasteiger partial charge in [-0.2, -0.15) is 0 Å².